The van der Waals surface area contributed by atoms with Crippen molar-refractivity contribution in [1.82, 2.24) is 19.7 Å². The molecule has 0 saturated heterocycles. The average Bonchev–Trinajstić information content (AvgIpc) is 2.57. The van der Waals surface area contributed by atoms with Gasteiger partial charge in [0.05, 0.1) is 11.6 Å². The highest BCUT2D eigenvalue weighted by molar-refractivity contribution is 5.86. The van der Waals surface area contributed by atoms with Crippen LogP contribution in [0.5, 0.6) is 0 Å². The fourth-order valence-electron chi connectivity index (χ4n) is 1.81. The Bertz CT molecular complexity index is 599. The summed E-state index contributed by atoms with van der Waals surface area (Å²) in [6.07, 6.45) is 1.82. The summed E-state index contributed by atoms with van der Waals surface area (Å²) in [6, 6.07) is 0. The molecule has 2 heterocycles. The molecule has 0 aliphatic carbocycles. The lowest BCUT2D eigenvalue weighted by Crippen LogP contribution is -2.28. The van der Waals surface area contributed by atoms with Crippen molar-refractivity contribution < 1.29 is 0 Å². The molecule has 0 atom stereocenters. The maximum absolute atomic E-state index is 4.70. The minimum atomic E-state index is -0.0905. The Balaban J connectivity index is 2.66. The number of aromatic nitrogens is 4. The number of nitrogens with one attached hydrogen (secondary N) is 1. The van der Waals surface area contributed by atoms with Gasteiger partial charge in [-0.05, 0) is 20.8 Å². The monoisotopic (exact) mass is 261 g/mol. The van der Waals surface area contributed by atoms with E-state index in [2.05, 4.69) is 56.9 Å². The molecule has 0 aliphatic rings. The lowest BCUT2D eigenvalue weighted by molar-refractivity contribution is 0.544. The number of anilines is 1. The molecule has 0 aromatic carbocycles. The molecule has 2 rings (SSSR count). The second-order valence-electron chi connectivity index (χ2n) is 7.03. The van der Waals surface area contributed by atoms with E-state index in [1.54, 1.807) is 4.68 Å². The molecule has 0 fully saturated rings. The van der Waals surface area contributed by atoms with E-state index in [1.165, 1.54) is 0 Å². The summed E-state index contributed by atoms with van der Waals surface area (Å²) < 4.78 is 1.79. The predicted octanol–water partition coefficient (Wildman–Crippen LogP) is 2.87. The largest absolute Gasteiger partial charge is 0.365 e. The molecule has 1 N–H and O–H groups in total. The summed E-state index contributed by atoms with van der Waals surface area (Å²) in [5, 5.41) is 8.69. The maximum atomic E-state index is 4.70. The van der Waals surface area contributed by atoms with Crippen LogP contribution in [0.3, 0.4) is 0 Å². The molecule has 0 aliphatic heterocycles. The molecule has 0 radical (unpaired) electrons. The SMILES string of the molecule is Cn1ncc2c(NC(C)(C)C)nc(C(C)(C)C)nc21. The summed E-state index contributed by atoms with van der Waals surface area (Å²) in [5.74, 6) is 1.69. The Hall–Kier alpha value is -1.65. The average molecular weight is 261 g/mol. The molecule has 0 bridgehead atoms. The summed E-state index contributed by atoms with van der Waals surface area (Å²) in [6.45, 7) is 12.7. The third kappa shape index (κ3) is 2.85. The fraction of sp³-hybridized carbons (Fsp3) is 0.643. The molecule has 104 valence electrons. The lowest BCUT2D eigenvalue weighted by Gasteiger charge is -2.24. The topological polar surface area (TPSA) is 55.6 Å². The van der Waals surface area contributed by atoms with Crippen LogP contribution < -0.4 is 5.32 Å². The van der Waals surface area contributed by atoms with E-state index < -0.39 is 0 Å². The van der Waals surface area contributed by atoms with E-state index in [0.717, 1.165) is 22.7 Å². The van der Waals surface area contributed by atoms with Gasteiger partial charge in [0, 0.05) is 18.0 Å². The van der Waals surface area contributed by atoms with Gasteiger partial charge in [-0.1, -0.05) is 20.8 Å². The molecule has 0 spiro atoms. The summed E-state index contributed by atoms with van der Waals surface area (Å²) in [4.78, 5) is 9.34. The quantitative estimate of drug-likeness (QED) is 0.857. The van der Waals surface area contributed by atoms with Crippen molar-refractivity contribution in [3.8, 4) is 0 Å². The van der Waals surface area contributed by atoms with Crippen LogP contribution >= 0.6 is 0 Å². The molecule has 19 heavy (non-hydrogen) atoms. The number of nitrogens with zero attached hydrogens (tertiary/aromatic N) is 4. The minimum absolute atomic E-state index is 0.0493. The van der Waals surface area contributed by atoms with Gasteiger partial charge in [-0.15, -0.1) is 0 Å². The molecule has 5 nitrogen and oxygen atoms in total. The van der Waals surface area contributed by atoms with Crippen LogP contribution in [0.2, 0.25) is 0 Å². The number of fused-ring (bicyclic) bond motifs is 1. The van der Waals surface area contributed by atoms with Crippen LogP contribution in [0.15, 0.2) is 6.20 Å². The molecule has 2 aromatic heterocycles. The third-order valence-corrected chi connectivity index (χ3v) is 2.76. The standard InChI is InChI=1S/C14H23N5/c1-13(2,3)12-16-10(18-14(4,5)6)9-8-15-19(7)11(9)17-12/h8H,1-7H3,(H,16,17,18). The highest BCUT2D eigenvalue weighted by Gasteiger charge is 2.22. The fourth-order valence-corrected chi connectivity index (χ4v) is 1.81. The molecule has 0 amide bonds. The van der Waals surface area contributed by atoms with Gasteiger partial charge in [-0.2, -0.15) is 5.10 Å². The van der Waals surface area contributed by atoms with Crippen molar-refractivity contribution in [3.05, 3.63) is 12.0 Å². The minimum Gasteiger partial charge on any atom is -0.365 e. The maximum Gasteiger partial charge on any atom is 0.163 e. The van der Waals surface area contributed by atoms with Crippen molar-refractivity contribution in [2.45, 2.75) is 52.5 Å². The highest BCUT2D eigenvalue weighted by Crippen LogP contribution is 2.27. The summed E-state index contributed by atoms with van der Waals surface area (Å²) >= 11 is 0. The number of aryl methyl sites for hydroxylation is 1. The molecule has 5 heteroatoms. The van der Waals surface area contributed by atoms with E-state index >= 15 is 0 Å². The number of hydrogen-bond acceptors (Lipinski definition) is 4. The van der Waals surface area contributed by atoms with Gasteiger partial charge in [0.15, 0.2) is 5.65 Å². The first-order valence-corrected chi connectivity index (χ1v) is 6.56. The van der Waals surface area contributed by atoms with Crippen molar-refractivity contribution in [2.75, 3.05) is 5.32 Å². The normalized spacial score (nSPS) is 13.0. The van der Waals surface area contributed by atoms with Crippen LogP contribution in [0.1, 0.15) is 47.4 Å². The Morgan fingerprint density at radius 1 is 1.05 bits per heavy atom. The molecule has 0 unspecified atom stereocenters. The van der Waals surface area contributed by atoms with Gasteiger partial charge in [0.1, 0.15) is 11.6 Å². The van der Waals surface area contributed by atoms with Crippen LogP contribution in [-0.4, -0.2) is 25.3 Å². The zero-order valence-corrected chi connectivity index (χ0v) is 12.9. The van der Waals surface area contributed by atoms with Crippen LogP contribution in [0.4, 0.5) is 5.82 Å². The van der Waals surface area contributed by atoms with Crippen LogP contribution in [-0.2, 0) is 12.5 Å². The first-order chi connectivity index (χ1) is 8.58. The van der Waals surface area contributed by atoms with Gasteiger partial charge in [0.25, 0.3) is 0 Å². The Labute approximate surface area is 114 Å². The Morgan fingerprint density at radius 2 is 1.68 bits per heavy atom. The van der Waals surface area contributed by atoms with Crippen LogP contribution in [0.25, 0.3) is 11.0 Å². The number of hydrogen-bond donors (Lipinski definition) is 1. The third-order valence-electron chi connectivity index (χ3n) is 2.76. The van der Waals surface area contributed by atoms with Gasteiger partial charge < -0.3 is 5.32 Å². The lowest BCUT2D eigenvalue weighted by atomic mass is 9.95. The van der Waals surface area contributed by atoms with Gasteiger partial charge >= 0.3 is 0 Å². The Kier molecular flexibility index (Phi) is 3.03. The predicted molar refractivity (Wildman–Crippen MR) is 78.4 cm³/mol. The number of rotatable bonds is 1. The molecular formula is C14H23N5. The van der Waals surface area contributed by atoms with E-state index in [0.29, 0.717) is 0 Å². The van der Waals surface area contributed by atoms with Gasteiger partial charge in [0.2, 0.25) is 0 Å². The van der Waals surface area contributed by atoms with Crippen molar-refractivity contribution >= 4 is 16.9 Å². The van der Waals surface area contributed by atoms with E-state index in [1.807, 2.05) is 13.2 Å². The van der Waals surface area contributed by atoms with Crippen molar-refractivity contribution in [3.63, 3.8) is 0 Å². The van der Waals surface area contributed by atoms with Crippen LogP contribution in [0, 0.1) is 0 Å². The molecular weight excluding hydrogens is 238 g/mol. The van der Waals surface area contributed by atoms with Crippen molar-refractivity contribution in [1.29, 1.82) is 0 Å². The smallest absolute Gasteiger partial charge is 0.163 e. The second kappa shape index (κ2) is 4.18. The molecule has 0 saturated carbocycles. The first-order valence-electron chi connectivity index (χ1n) is 6.56. The van der Waals surface area contributed by atoms with E-state index in [4.69, 9.17) is 4.98 Å². The first kappa shape index (κ1) is 13.8. The zero-order valence-electron chi connectivity index (χ0n) is 12.9. The van der Waals surface area contributed by atoms with Gasteiger partial charge in [-0.25, -0.2) is 9.97 Å². The Morgan fingerprint density at radius 3 is 2.21 bits per heavy atom. The summed E-state index contributed by atoms with van der Waals surface area (Å²) in [7, 11) is 1.91. The highest BCUT2D eigenvalue weighted by atomic mass is 15.3. The van der Waals surface area contributed by atoms with E-state index in [9.17, 15) is 0 Å². The summed E-state index contributed by atoms with van der Waals surface area (Å²) in [5.41, 5.74) is 0.727. The second-order valence-corrected chi connectivity index (χ2v) is 7.03. The van der Waals surface area contributed by atoms with E-state index in [-0.39, 0.29) is 11.0 Å². The van der Waals surface area contributed by atoms with Crippen molar-refractivity contribution in [2.24, 2.45) is 7.05 Å². The zero-order chi connectivity index (χ0) is 14.4. The van der Waals surface area contributed by atoms with Gasteiger partial charge in [-0.3, -0.25) is 4.68 Å². The molecule has 2 aromatic rings.